The van der Waals surface area contributed by atoms with Crippen LogP contribution in [-0.2, 0) is 9.59 Å². The third kappa shape index (κ3) is 6.22. The second kappa shape index (κ2) is 11.5. The molecule has 4 rings (SSSR count). The SMILES string of the molecule is CC(C)N(CC(=O)Nc1ccc(N2CCN(C(=O)c3cccc(F)c3)CC2)cc1)C(=O)C1CCCC1. The highest BCUT2D eigenvalue weighted by molar-refractivity contribution is 5.95. The van der Waals surface area contributed by atoms with E-state index in [-0.39, 0.29) is 36.2 Å². The van der Waals surface area contributed by atoms with E-state index >= 15 is 0 Å². The Morgan fingerprint density at radius 2 is 1.67 bits per heavy atom. The maximum atomic E-state index is 13.5. The molecule has 1 N–H and O–H groups in total. The molecule has 2 aromatic rings. The first-order valence-electron chi connectivity index (χ1n) is 12.8. The zero-order chi connectivity index (χ0) is 25.7. The van der Waals surface area contributed by atoms with E-state index in [1.807, 2.05) is 38.1 Å². The summed E-state index contributed by atoms with van der Waals surface area (Å²) in [5.74, 6) is -0.641. The molecule has 1 saturated carbocycles. The molecule has 192 valence electrons. The summed E-state index contributed by atoms with van der Waals surface area (Å²) in [6.07, 6.45) is 4.00. The molecule has 0 spiro atoms. The summed E-state index contributed by atoms with van der Waals surface area (Å²) in [4.78, 5) is 43.8. The van der Waals surface area contributed by atoms with Gasteiger partial charge in [0.2, 0.25) is 11.8 Å². The van der Waals surface area contributed by atoms with Crippen LogP contribution in [0.3, 0.4) is 0 Å². The van der Waals surface area contributed by atoms with Gasteiger partial charge in [-0.15, -0.1) is 0 Å². The Kier molecular flexibility index (Phi) is 8.23. The predicted octanol–water partition coefficient (Wildman–Crippen LogP) is 4.15. The molecule has 0 radical (unpaired) electrons. The van der Waals surface area contributed by atoms with Crippen LogP contribution in [0.2, 0.25) is 0 Å². The Labute approximate surface area is 212 Å². The van der Waals surface area contributed by atoms with Crippen LogP contribution in [0.15, 0.2) is 48.5 Å². The van der Waals surface area contributed by atoms with Crippen molar-refractivity contribution in [2.24, 2.45) is 5.92 Å². The Morgan fingerprint density at radius 3 is 2.28 bits per heavy atom. The minimum Gasteiger partial charge on any atom is -0.368 e. The molecule has 2 fully saturated rings. The average Bonchev–Trinajstić information content (AvgIpc) is 3.42. The lowest BCUT2D eigenvalue weighted by molar-refractivity contribution is -0.140. The van der Waals surface area contributed by atoms with E-state index in [4.69, 9.17) is 0 Å². The zero-order valence-electron chi connectivity index (χ0n) is 21.1. The van der Waals surface area contributed by atoms with E-state index in [0.717, 1.165) is 31.4 Å². The highest BCUT2D eigenvalue weighted by atomic mass is 19.1. The number of carbonyl (C=O) groups is 3. The highest BCUT2D eigenvalue weighted by Gasteiger charge is 2.30. The lowest BCUT2D eigenvalue weighted by Crippen LogP contribution is -2.48. The minimum absolute atomic E-state index is 0.0299. The maximum absolute atomic E-state index is 13.5. The van der Waals surface area contributed by atoms with E-state index in [1.165, 1.54) is 12.1 Å². The molecule has 2 aliphatic rings. The number of rotatable bonds is 7. The average molecular weight is 495 g/mol. The van der Waals surface area contributed by atoms with Gasteiger partial charge in [0.15, 0.2) is 0 Å². The number of halogens is 1. The summed E-state index contributed by atoms with van der Waals surface area (Å²) in [5.41, 5.74) is 2.05. The normalized spacial score (nSPS) is 16.3. The van der Waals surface area contributed by atoms with Gasteiger partial charge < -0.3 is 20.0 Å². The fourth-order valence-electron chi connectivity index (χ4n) is 5.00. The summed E-state index contributed by atoms with van der Waals surface area (Å²) in [7, 11) is 0. The predicted molar refractivity (Wildman–Crippen MR) is 138 cm³/mol. The number of piperazine rings is 1. The van der Waals surface area contributed by atoms with Gasteiger partial charge in [-0.3, -0.25) is 14.4 Å². The van der Waals surface area contributed by atoms with Gasteiger partial charge in [0, 0.05) is 55.1 Å². The molecule has 1 heterocycles. The van der Waals surface area contributed by atoms with Crippen LogP contribution < -0.4 is 10.2 Å². The van der Waals surface area contributed by atoms with Crippen LogP contribution in [0.1, 0.15) is 49.9 Å². The largest absolute Gasteiger partial charge is 0.368 e. The first-order valence-corrected chi connectivity index (χ1v) is 12.8. The van der Waals surface area contributed by atoms with Crippen molar-refractivity contribution in [3.63, 3.8) is 0 Å². The molecule has 36 heavy (non-hydrogen) atoms. The molecule has 0 unspecified atom stereocenters. The molecular formula is C28H35FN4O3. The molecule has 2 aromatic carbocycles. The summed E-state index contributed by atoms with van der Waals surface area (Å²) in [5, 5.41) is 2.91. The highest BCUT2D eigenvalue weighted by Crippen LogP contribution is 2.27. The van der Waals surface area contributed by atoms with Gasteiger partial charge >= 0.3 is 0 Å². The molecule has 0 atom stereocenters. The second-order valence-corrected chi connectivity index (χ2v) is 9.93. The van der Waals surface area contributed by atoms with Crippen LogP contribution in [0.5, 0.6) is 0 Å². The molecule has 1 aliphatic carbocycles. The number of anilines is 2. The Morgan fingerprint density at radius 1 is 1.00 bits per heavy atom. The molecule has 1 saturated heterocycles. The Balaban J connectivity index is 1.28. The fraction of sp³-hybridized carbons (Fsp3) is 0.464. The van der Waals surface area contributed by atoms with E-state index in [2.05, 4.69) is 10.2 Å². The lowest BCUT2D eigenvalue weighted by atomic mass is 10.1. The van der Waals surface area contributed by atoms with E-state index in [9.17, 15) is 18.8 Å². The summed E-state index contributed by atoms with van der Waals surface area (Å²) in [6, 6.07) is 13.4. The smallest absolute Gasteiger partial charge is 0.254 e. The Bertz CT molecular complexity index is 1070. The number of hydrogen-bond donors (Lipinski definition) is 1. The van der Waals surface area contributed by atoms with Crippen molar-refractivity contribution < 1.29 is 18.8 Å². The van der Waals surface area contributed by atoms with Crippen molar-refractivity contribution >= 4 is 29.1 Å². The fourth-order valence-corrected chi connectivity index (χ4v) is 5.00. The van der Waals surface area contributed by atoms with Crippen molar-refractivity contribution in [3.8, 4) is 0 Å². The minimum atomic E-state index is -0.413. The van der Waals surface area contributed by atoms with E-state index in [0.29, 0.717) is 37.4 Å². The molecule has 3 amide bonds. The number of hydrogen-bond acceptors (Lipinski definition) is 4. The van der Waals surface area contributed by atoms with Gasteiger partial charge in [-0.05, 0) is 69.2 Å². The zero-order valence-corrected chi connectivity index (χ0v) is 21.1. The van der Waals surface area contributed by atoms with E-state index in [1.54, 1.807) is 21.9 Å². The summed E-state index contributed by atoms with van der Waals surface area (Å²) in [6.45, 7) is 6.37. The number of benzene rings is 2. The van der Waals surface area contributed by atoms with Crippen molar-refractivity contribution in [2.45, 2.75) is 45.6 Å². The quantitative estimate of drug-likeness (QED) is 0.628. The van der Waals surface area contributed by atoms with Crippen molar-refractivity contribution in [1.29, 1.82) is 0 Å². The van der Waals surface area contributed by atoms with Crippen LogP contribution >= 0.6 is 0 Å². The van der Waals surface area contributed by atoms with Crippen molar-refractivity contribution in [3.05, 3.63) is 59.9 Å². The molecule has 0 bridgehead atoms. The maximum Gasteiger partial charge on any atom is 0.254 e. The van der Waals surface area contributed by atoms with Crippen LogP contribution in [0, 0.1) is 11.7 Å². The first-order chi connectivity index (χ1) is 17.3. The molecule has 8 heteroatoms. The summed E-state index contributed by atoms with van der Waals surface area (Å²) >= 11 is 0. The van der Waals surface area contributed by atoms with Crippen LogP contribution in [0.4, 0.5) is 15.8 Å². The standard InChI is InChI=1S/C28H35FN4O3/c1-20(2)33(28(36)21-6-3-4-7-21)19-26(34)30-24-10-12-25(13-11-24)31-14-16-32(17-15-31)27(35)22-8-5-9-23(29)18-22/h5,8-13,18,20-21H,3-4,6-7,14-17,19H2,1-2H3,(H,30,34). The Hall–Kier alpha value is -3.42. The summed E-state index contributed by atoms with van der Waals surface area (Å²) < 4.78 is 13.5. The topological polar surface area (TPSA) is 73.0 Å². The molecular weight excluding hydrogens is 459 g/mol. The third-order valence-electron chi connectivity index (χ3n) is 7.08. The number of nitrogens with zero attached hydrogens (tertiary/aromatic N) is 3. The van der Waals surface area contributed by atoms with Gasteiger partial charge in [-0.2, -0.15) is 0 Å². The first kappa shape index (κ1) is 25.7. The monoisotopic (exact) mass is 494 g/mol. The molecule has 7 nitrogen and oxygen atoms in total. The molecule has 0 aromatic heterocycles. The van der Waals surface area contributed by atoms with E-state index < -0.39 is 5.82 Å². The number of carbonyl (C=O) groups excluding carboxylic acids is 3. The van der Waals surface area contributed by atoms with Gasteiger partial charge in [-0.1, -0.05) is 18.9 Å². The molecule has 1 aliphatic heterocycles. The van der Waals surface area contributed by atoms with Crippen molar-refractivity contribution in [2.75, 3.05) is 42.9 Å². The van der Waals surface area contributed by atoms with Gasteiger partial charge in [0.1, 0.15) is 12.4 Å². The van der Waals surface area contributed by atoms with Crippen molar-refractivity contribution in [1.82, 2.24) is 9.80 Å². The van der Waals surface area contributed by atoms with Gasteiger partial charge in [0.25, 0.3) is 5.91 Å². The second-order valence-electron chi connectivity index (χ2n) is 9.93. The third-order valence-corrected chi connectivity index (χ3v) is 7.08. The van der Waals surface area contributed by atoms with Crippen LogP contribution in [0.25, 0.3) is 0 Å². The van der Waals surface area contributed by atoms with Gasteiger partial charge in [-0.25, -0.2) is 4.39 Å². The van der Waals surface area contributed by atoms with Crippen LogP contribution in [-0.4, -0.2) is 66.3 Å². The number of amides is 3. The lowest BCUT2D eigenvalue weighted by Gasteiger charge is -2.36. The number of nitrogens with one attached hydrogen (secondary N) is 1. The van der Waals surface area contributed by atoms with Gasteiger partial charge in [0.05, 0.1) is 0 Å².